The smallest absolute Gasteiger partial charge is 0.229 e. The van der Waals surface area contributed by atoms with Crippen molar-refractivity contribution < 1.29 is 9.84 Å². The number of anilines is 2. The lowest BCUT2D eigenvalue weighted by atomic mass is 9.87. The van der Waals surface area contributed by atoms with E-state index in [1.807, 2.05) is 13.1 Å². The molecular formula is C24H32N6O2. The van der Waals surface area contributed by atoms with Gasteiger partial charge in [-0.15, -0.1) is 0 Å². The number of nitrogens with zero attached hydrogens (tertiary/aromatic N) is 5. The highest BCUT2D eigenvalue weighted by Crippen LogP contribution is 2.35. The van der Waals surface area contributed by atoms with Crippen LogP contribution < -0.4 is 10.1 Å². The molecule has 8 heteroatoms. The van der Waals surface area contributed by atoms with Crippen LogP contribution in [0.3, 0.4) is 0 Å². The third kappa shape index (κ3) is 3.93. The predicted molar refractivity (Wildman–Crippen MR) is 124 cm³/mol. The Kier molecular flexibility index (Phi) is 5.73. The average molecular weight is 437 g/mol. The number of aryl methyl sites for hydroxylation is 1. The maximum Gasteiger partial charge on any atom is 0.229 e. The van der Waals surface area contributed by atoms with Crippen molar-refractivity contribution in [3.8, 4) is 5.75 Å². The highest BCUT2D eigenvalue weighted by molar-refractivity contribution is 5.79. The minimum atomic E-state index is 0.278. The maximum absolute atomic E-state index is 9.47. The van der Waals surface area contributed by atoms with Gasteiger partial charge < -0.3 is 20.1 Å². The molecule has 3 heterocycles. The van der Waals surface area contributed by atoms with Gasteiger partial charge in [0.25, 0.3) is 0 Å². The van der Waals surface area contributed by atoms with E-state index in [0.29, 0.717) is 17.9 Å². The van der Waals surface area contributed by atoms with E-state index in [0.717, 1.165) is 73.4 Å². The molecule has 1 aromatic carbocycles. The molecule has 0 radical (unpaired) electrons. The fourth-order valence-corrected chi connectivity index (χ4v) is 5.07. The van der Waals surface area contributed by atoms with E-state index in [1.165, 1.54) is 11.1 Å². The number of hydrogen-bond donors (Lipinski definition) is 2. The molecule has 2 aromatic heterocycles. The number of fused-ring (bicyclic) bond motifs is 2. The van der Waals surface area contributed by atoms with Gasteiger partial charge in [0.05, 0.1) is 29.9 Å². The van der Waals surface area contributed by atoms with E-state index in [1.54, 1.807) is 7.11 Å². The van der Waals surface area contributed by atoms with Gasteiger partial charge in [-0.25, -0.2) is 9.67 Å². The molecule has 0 bridgehead atoms. The molecule has 8 nitrogen and oxygen atoms in total. The second-order valence-corrected chi connectivity index (χ2v) is 9.25. The number of likely N-dealkylation sites (N-methyl/N-ethyl adjacent to an activating group) is 1. The van der Waals surface area contributed by atoms with Crippen molar-refractivity contribution in [3.05, 3.63) is 35.2 Å². The van der Waals surface area contributed by atoms with Crippen molar-refractivity contribution in [1.29, 1.82) is 0 Å². The van der Waals surface area contributed by atoms with Crippen molar-refractivity contribution in [2.24, 2.45) is 5.92 Å². The highest BCUT2D eigenvalue weighted by Gasteiger charge is 2.25. The first-order valence-corrected chi connectivity index (χ1v) is 11.5. The first-order chi connectivity index (χ1) is 15.6. The first-order valence-electron chi connectivity index (χ1n) is 11.5. The summed E-state index contributed by atoms with van der Waals surface area (Å²) in [6.07, 6.45) is 6.97. The van der Waals surface area contributed by atoms with Gasteiger partial charge in [-0.3, -0.25) is 0 Å². The van der Waals surface area contributed by atoms with E-state index in [4.69, 9.17) is 14.8 Å². The first kappa shape index (κ1) is 21.2. The van der Waals surface area contributed by atoms with Crippen LogP contribution in [0, 0.1) is 12.8 Å². The van der Waals surface area contributed by atoms with Crippen molar-refractivity contribution in [1.82, 2.24) is 24.6 Å². The summed E-state index contributed by atoms with van der Waals surface area (Å²) in [6, 6.07) is 4.61. The van der Waals surface area contributed by atoms with Gasteiger partial charge in [0.15, 0.2) is 5.65 Å². The number of nitrogens with one attached hydrogen (secondary N) is 1. The number of benzene rings is 1. The van der Waals surface area contributed by atoms with Crippen LogP contribution in [-0.4, -0.2) is 57.1 Å². The standard InChI is InChI=1S/C24H32N6O2/c1-15-20-12-25-24(27-23(20)30(28-15)19-6-4-16(14-31)5-7-19)26-21-10-18-13-29(2)9-8-17(18)11-22(21)32-3/h10-12,16,19,31H,4-9,13-14H2,1-3H3,(H,25,26,27). The van der Waals surface area contributed by atoms with Gasteiger partial charge in [0.2, 0.25) is 5.95 Å². The van der Waals surface area contributed by atoms with Crippen molar-refractivity contribution in [3.63, 3.8) is 0 Å². The van der Waals surface area contributed by atoms with Gasteiger partial charge in [0.1, 0.15) is 5.75 Å². The van der Waals surface area contributed by atoms with Crippen LogP contribution >= 0.6 is 0 Å². The Balaban J connectivity index is 1.46. The molecule has 1 aliphatic heterocycles. The summed E-state index contributed by atoms with van der Waals surface area (Å²) in [6.45, 7) is 4.28. The maximum atomic E-state index is 9.47. The van der Waals surface area contributed by atoms with E-state index in [-0.39, 0.29) is 6.61 Å². The molecule has 2 aliphatic rings. The van der Waals surface area contributed by atoms with Crippen LogP contribution in [0.25, 0.3) is 11.0 Å². The lowest BCUT2D eigenvalue weighted by Crippen LogP contribution is -2.26. The number of aliphatic hydroxyl groups is 1. The number of hydrogen-bond acceptors (Lipinski definition) is 7. The molecule has 0 amide bonds. The Morgan fingerprint density at radius 1 is 1.19 bits per heavy atom. The zero-order valence-corrected chi connectivity index (χ0v) is 19.1. The Bertz CT molecular complexity index is 1120. The second kappa shape index (κ2) is 8.67. The van der Waals surface area contributed by atoms with Crippen molar-refractivity contribution in [2.45, 2.75) is 51.6 Å². The van der Waals surface area contributed by atoms with E-state index in [2.05, 4.69) is 39.1 Å². The minimum Gasteiger partial charge on any atom is -0.495 e. The molecule has 1 fully saturated rings. The molecule has 0 spiro atoms. The van der Waals surface area contributed by atoms with E-state index in [9.17, 15) is 5.11 Å². The van der Waals surface area contributed by atoms with E-state index >= 15 is 0 Å². The normalized spacial score (nSPS) is 21.5. The van der Waals surface area contributed by atoms with Crippen LogP contribution in [0.15, 0.2) is 18.3 Å². The molecule has 1 saturated carbocycles. The van der Waals surface area contributed by atoms with E-state index < -0.39 is 0 Å². The molecule has 0 saturated heterocycles. The fraction of sp³-hybridized carbons (Fsp3) is 0.542. The lowest BCUT2D eigenvalue weighted by Gasteiger charge is -2.27. The number of ether oxygens (including phenoxy) is 1. The SMILES string of the molecule is COc1cc2c(cc1Nc1ncc3c(C)nn(C4CCC(CO)CC4)c3n1)CN(C)CC2. The third-order valence-electron chi connectivity index (χ3n) is 7.02. The van der Waals surface area contributed by atoms with Crippen molar-refractivity contribution in [2.75, 3.05) is 32.6 Å². The Labute approximate surface area is 188 Å². The number of aliphatic hydroxyl groups excluding tert-OH is 1. The highest BCUT2D eigenvalue weighted by atomic mass is 16.5. The molecule has 170 valence electrons. The molecule has 3 aromatic rings. The van der Waals surface area contributed by atoms with Gasteiger partial charge in [-0.05, 0) is 75.3 Å². The van der Waals surface area contributed by atoms with Gasteiger partial charge in [-0.1, -0.05) is 0 Å². The molecular weight excluding hydrogens is 404 g/mol. The summed E-state index contributed by atoms with van der Waals surface area (Å²) in [5, 5.41) is 18.7. The zero-order valence-electron chi connectivity index (χ0n) is 19.1. The fourth-order valence-electron chi connectivity index (χ4n) is 5.07. The van der Waals surface area contributed by atoms with Crippen LogP contribution in [-0.2, 0) is 13.0 Å². The third-order valence-corrected chi connectivity index (χ3v) is 7.02. The van der Waals surface area contributed by atoms with Crippen LogP contribution in [0.4, 0.5) is 11.6 Å². The Morgan fingerprint density at radius 2 is 2.00 bits per heavy atom. The molecule has 2 N–H and O–H groups in total. The average Bonchev–Trinajstić information content (AvgIpc) is 3.14. The monoisotopic (exact) mass is 436 g/mol. The van der Waals surface area contributed by atoms with Crippen LogP contribution in [0.5, 0.6) is 5.75 Å². The predicted octanol–water partition coefficient (Wildman–Crippen LogP) is 3.60. The number of methoxy groups -OCH3 is 1. The van der Waals surface area contributed by atoms with Crippen LogP contribution in [0.1, 0.15) is 48.5 Å². The molecule has 32 heavy (non-hydrogen) atoms. The Hall–Kier alpha value is -2.71. The molecule has 1 aliphatic carbocycles. The molecule has 0 unspecified atom stereocenters. The van der Waals surface area contributed by atoms with Crippen molar-refractivity contribution >= 4 is 22.7 Å². The Morgan fingerprint density at radius 3 is 2.75 bits per heavy atom. The lowest BCUT2D eigenvalue weighted by molar-refractivity contribution is 0.166. The summed E-state index contributed by atoms with van der Waals surface area (Å²) in [5.41, 5.74) is 5.35. The molecule has 0 atom stereocenters. The largest absolute Gasteiger partial charge is 0.495 e. The van der Waals surface area contributed by atoms with Gasteiger partial charge in [0, 0.05) is 25.9 Å². The summed E-state index contributed by atoms with van der Waals surface area (Å²) in [7, 11) is 3.85. The summed E-state index contributed by atoms with van der Waals surface area (Å²) in [4.78, 5) is 11.8. The summed E-state index contributed by atoms with van der Waals surface area (Å²) < 4.78 is 7.75. The number of rotatable bonds is 5. The summed E-state index contributed by atoms with van der Waals surface area (Å²) >= 11 is 0. The molecule has 5 rings (SSSR count). The van der Waals surface area contributed by atoms with Crippen LogP contribution in [0.2, 0.25) is 0 Å². The quantitative estimate of drug-likeness (QED) is 0.632. The number of aromatic nitrogens is 4. The topological polar surface area (TPSA) is 88.3 Å². The second-order valence-electron chi connectivity index (χ2n) is 9.25. The minimum absolute atomic E-state index is 0.278. The van der Waals surface area contributed by atoms with Gasteiger partial charge in [-0.2, -0.15) is 10.1 Å². The zero-order chi connectivity index (χ0) is 22.2. The van der Waals surface area contributed by atoms with Gasteiger partial charge >= 0.3 is 0 Å². The summed E-state index contributed by atoms with van der Waals surface area (Å²) in [5.74, 6) is 1.77.